The summed E-state index contributed by atoms with van der Waals surface area (Å²) in [7, 11) is -4.44. The first kappa shape index (κ1) is 24.5. The molecule has 1 aliphatic carbocycles. The highest BCUT2D eigenvalue weighted by Gasteiger charge is 2.39. The number of sulfonamides is 1. The molecular formula is C24H25F3N6O2S. The topological polar surface area (TPSA) is 104 Å². The van der Waals surface area contributed by atoms with Crippen LogP contribution < -0.4 is 9.62 Å². The Bertz CT molecular complexity index is 1430. The summed E-state index contributed by atoms with van der Waals surface area (Å²) in [5.41, 5.74) is 2.93. The molecule has 2 fully saturated rings. The number of rotatable bonds is 6. The average Bonchev–Trinajstić information content (AvgIpc) is 3.44. The molecule has 0 aromatic carbocycles. The van der Waals surface area contributed by atoms with Crippen LogP contribution in [0, 0.1) is 11.3 Å². The van der Waals surface area contributed by atoms with E-state index in [2.05, 4.69) is 16.0 Å². The minimum Gasteiger partial charge on any atom is -0.370 e. The zero-order chi connectivity index (χ0) is 25.7. The lowest BCUT2D eigenvalue weighted by Crippen LogP contribution is -2.42. The predicted molar refractivity (Wildman–Crippen MR) is 128 cm³/mol. The van der Waals surface area contributed by atoms with E-state index in [9.17, 15) is 26.9 Å². The summed E-state index contributed by atoms with van der Waals surface area (Å²) in [6, 6.07) is 4.80. The van der Waals surface area contributed by atoms with Gasteiger partial charge in [0.25, 0.3) is 0 Å². The molecule has 0 unspecified atom stereocenters. The van der Waals surface area contributed by atoms with E-state index in [1.54, 1.807) is 4.72 Å². The molecular weight excluding hydrogens is 493 g/mol. The van der Waals surface area contributed by atoms with E-state index < -0.39 is 22.2 Å². The molecule has 1 saturated heterocycles. The Kier molecular flexibility index (Phi) is 6.16. The number of nitriles is 1. The lowest BCUT2D eigenvalue weighted by atomic mass is 9.92. The molecule has 190 valence electrons. The smallest absolute Gasteiger partial charge is 0.370 e. The van der Waals surface area contributed by atoms with Gasteiger partial charge in [0.05, 0.1) is 28.8 Å². The van der Waals surface area contributed by atoms with E-state index in [1.165, 1.54) is 12.1 Å². The molecule has 1 saturated carbocycles. The van der Waals surface area contributed by atoms with E-state index in [4.69, 9.17) is 4.98 Å². The SMILES string of the molecule is C[C@@H](NS(=O)(=O)c1ccc(-c2c(C#N)c3cc(N4CCCC4)cnc3n2C2CCC2)nc1)C(F)(F)F. The summed E-state index contributed by atoms with van der Waals surface area (Å²) < 4.78 is 67.2. The van der Waals surface area contributed by atoms with Gasteiger partial charge in [-0.1, -0.05) is 0 Å². The predicted octanol–water partition coefficient (Wildman–Crippen LogP) is 4.52. The molecule has 2 aliphatic rings. The maximum absolute atomic E-state index is 12.9. The minimum atomic E-state index is -4.72. The molecule has 0 spiro atoms. The van der Waals surface area contributed by atoms with Gasteiger partial charge in [0.2, 0.25) is 10.0 Å². The lowest BCUT2D eigenvalue weighted by Gasteiger charge is -2.29. The number of nitrogens with zero attached hydrogens (tertiary/aromatic N) is 5. The molecule has 5 rings (SSSR count). The van der Waals surface area contributed by atoms with Crippen molar-refractivity contribution in [2.75, 3.05) is 18.0 Å². The van der Waals surface area contributed by atoms with Crippen molar-refractivity contribution in [1.82, 2.24) is 19.3 Å². The Labute approximate surface area is 206 Å². The van der Waals surface area contributed by atoms with Gasteiger partial charge in [0.15, 0.2) is 0 Å². The van der Waals surface area contributed by atoms with E-state index in [0.29, 0.717) is 28.0 Å². The molecule has 3 aromatic heterocycles. The Morgan fingerprint density at radius 3 is 2.42 bits per heavy atom. The number of hydrogen-bond acceptors (Lipinski definition) is 6. The van der Waals surface area contributed by atoms with Gasteiger partial charge in [-0.2, -0.15) is 23.2 Å². The van der Waals surface area contributed by atoms with Gasteiger partial charge in [-0.3, -0.25) is 4.98 Å². The third-order valence-electron chi connectivity index (χ3n) is 6.96. The van der Waals surface area contributed by atoms with Crippen molar-refractivity contribution in [3.8, 4) is 17.5 Å². The van der Waals surface area contributed by atoms with Crippen molar-refractivity contribution < 1.29 is 21.6 Å². The van der Waals surface area contributed by atoms with E-state index in [0.717, 1.165) is 64.0 Å². The number of alkyl halides is 3. The van der Waals surface area contributed by atoms with Gasteiger partial charge < -0.3 is 9.47 Å². The zero-order valence-electron chi connectivity index (χ0n) is 19.6. The maximum Gasteiger partial charge on any atom is 0.404 e. The quantitative estimate of drug-likeness (QED) is 0.515. The van der Waals surface area contributed by atoms with Crippen LogP contribution in [0.4, 0.5) is 18.9 Å². The number of anilines is 1. The highest BCUT2D eigenvalue weighted by molar-refractivity contribution is 7.89. The van der Waals surface area contributed by atoms with Crippen LogP contribution in [-0.2, 0) is 10.0 Å². The largest absolute Gasteiger partial charge is 0.404 e. The number of halogens is 3. The lowest BCUT2D eigenvalue weighted by molar-refractivity contribution is -0.147. The molecule has 1 N–H and O–H groups in total. The highest BCUT2D eigenvalue weighted by Crippen LogP contribution is 2.42. The van der Waals surface area contributed by atoms with Gasteiger partial charge in [-0.25, -0.2) is 13.4 Å². The zero-order valence-corrected chi connectivity index (χ0v) is 20.4. The van der Waals surface area contributed by atoms with Crippen LogP contribution in [0.5, 0.6) is 0 Å². The van der Waals surface area contributed by atoms with Gasteiger partial charge in [-0.05, 0) is 57.2 Å². The van der Waals surface area contributed by atoms with Crippen LogP contribution in [0.3, 0.4) is 0 Å². The summed E-state index contributed by atoms with van der Waals surface area (Å²) >= 11 is 0. The second-order valence-electron chi connectivity index (χ2n) is 9.31. The Balaban J connectivity index is 1.58. The van der Waals surface area contributed by atoms with E-state index in [-0.39, 0.29) is 10.9 Å². The standard InChI is InChI=1S/C24H25F3N6O2S/c1-15(24(25,26)27)31-36(34,35)18-7-8-21(29-14-18)22-20(12-28)19-11-17(32-9-2-3-10-32)13-30-23(19)33(22)16-5-4-6-16/h7-8,11,13-16,31H,2-6,9-10H2,1H3/t15-/m1/s1. The van der Waals surface area contributed by atoms with Crippen molar-refractivity contribution in [3.63, 3.8) is 0 Å². The van der Waals surface area contributed by atoms with Crippen molar-refractivity contribution in [3.05, 3.63) is 36.2 Å². The van der Waals surface area contributed by atoms with Gasteiger partial charge in [-0.15, -0.1) is 0 Å². The Morgan fingerprint density at radius 1 is 1.14 bits per heavy atom. The Morgan fingerprint density at radius 2 is 1.86 bits per heavy atom. The van der Waals surface area contributed by atoms with Crippen molar-refractivity contribution in [1.29, 1.82) is 5.26 Å². The van der Waals surface area contributed by atoms with E-state index in [1.807, 2.05) is 16.8 Å². The Hall–Kier alpha value is -3.17. The van der Waals surface area contributed by atoms with Gasteiger partial charge >= 0.3 is 6.18 Å². The molecule has 12 heteroatoms. The highest BCUT2D eigenvalue weighted by atomic mass is 32.2. The fourth-order valence-corrected chi connectivity index (χ4v) is 5.91. The number of nitrogens with one attached hydrogen (secondary N) is 1. The van der Waals surface area contributed by atoms with Crippen molar-refractivity contribution in [2.24, 2.45) is 0 Å². The second-order valence-corrected chi connectivity index (χ2v) is 11.0. The summed E-state index contributed by atoms with van der Waals surface area (Å²) in [4.78, 5) is 10.9. The molecule has 3 aromatic rings. The minimum absolute atomic E-state index is 0.134. The normalized spacial score (nSPS) is 17.8. The van der Waals surface area contributed by atoms with Crippen LogP contribution in [0.15, 0.2) is 35.5 Å². The van der Waals surface area contributed by atoms with Crippen LogP contribution in [0.25, 0.3) is 22.4 Å². The van der Waals surface area contributed by atoms with Crippen LogP contribution in [-0.4, -0.2) is 48.3 Å². The van der Waals surface area contributed by atoms with Crippen LogP contribution in [0.1, 0.15) is 50.6 Å². The summed E-state index contributed by atoms with van der Waals surface area (Å²) in [5.74, 6) is 0. The molecule has 0 amide bonds. The third kappa shape index (κ3) is 4.30. The summed E-state index contributed by atoms with van der Waals surface area (Å²) in [6.07, 6.45) is 3.22. The molecule has 0 radical (unpaired) electrons. The average molecular weight is 519 g/mol. The first-order valence-corrected chi connectivity index (χ1v) is 13.3. The van der Waals surface area contributed by atoms with Crippen LogP contribution in [0.2, 0.25) is 0 Å². The molecule has 4 heterocycles. The van der Waals surface area contributed by atoms with Crippen molar-refractivity contribution in [2.45, 2.75) is 62.2 Å². The number of fused-ring (bicyclic) bond motifs is 1. The second kappa shape index (κ2) is 9.05. The van der Waals surface area contributed by atoms with Gasteiger partial charge in [0.1, 0.15) is 22.7 Å². The molecule has 1 atom stereocenters. The van der Waals surface area contributed by atoms with Crippen LogP contribution >= 0.6 is 0 Å². The number of hydrogen-bond donors (Lipinski definition) is 1. The summed E-state index contributed by atoms with van der Waals surface area (Å²) in [6.45, 7) is 2.60. The fourth-order valence-electron chi connectivity index (χ4n) is 4.74. The van der Waals surface area contributed by atoms with E-state index >= 15 is 0 Å². The van der Waals surface area contributed by atoms with Crippen molar-refractivity contribution >= 4 is 26.7 Å². The fraction of sp³-hybridized carbons (Fsp3) is 0.458. The molecule has 0 bridgehead atoms. The maximum atomic E-state index is 12.9. The number of pyridine rings is 2. The monoisotopic (exact) mass is 518 g/mol. The molecule has 1 aliphatic heterocycles. The first-order chi connectivity index (χ1) is 17.1. The van der Waals surface area contributed by atoms with Gasteiger partial charge in [0, 0.05) is 30.7 Å². The molecule has 8 nitrogen and oxygen atoms in total. The number of aromatic nitrogens is 3. The first-order valence-electron chi connectivity index (χ1n) is 11.8. The summed E-state index contributed by atoms with van der Waals surface area (Å²) in [5, 5.41) is 10.8. The third-order valence-corrected chi connectivity index (χ3v) is 8.49. The molecule has 36 heavy (non-hydrogen) atoms.